The van der Waals surface area contributed by atoms with Crippen LogP contribution < -0.4 is 10.6 Å². The van der Waals surface area contributed by atoms with Gasteiger partial charge in [-0.15, -0.1) is 12.4 Å². The Morgan fingerprint density at radius 2 is 1.83 bits per heavy atom. The highest BCUT2D eigenvalue weighted by atomic mass is 35.5. The maximum atomic E-state index is 12.7. The van der Waals surface area contributed by atoms with Crippen LogP contribution in [0.4, 0.5) is 11.4 Å². The summed E-state index contributed by atoms with van der Waals surface area (Å²) in [4.78, 5) is 25.8. The van der Waals surface area contributed by atoms with E-state index in [2.05, 4.69) is 0 Å². The molecule has 0 fully saturated rings. The Kier molecular flexibility index (Phi) is 5.62. The molecular formula is C19H21ClN2O2. The summed E-state index contributed by atoms with van der Waals surface area (Å²) in [7, 11) is 0. The number of nitrogens with two attached hydrogens (primary N) is 1. The maximum Gasteiger partial charge on any atom is 0.231 e. The molecule has 4 nitrogen and oxygen atoms in total. The summed E-state index contributed by atoms with van der Waals surface area (Å²) in [6, 6.07) is 13.0. The van der Waals surface area contributed by atoms with Crippen LogP contribution in [-0.2, 0) is 17.6 Å². The molecule has 0 saturated carbocycles. The molecule has 0 bridgehead atoms. The molecule has 126 valence electrons. The van der Waals surface area contributed by atoms with Crippen molar-refractivity contribution in [2.75, 3.05) is 17.2 Å². The molecule has 5 heteroatoms. The first-order valence-corrected chi connectivity index (χ1v) is 7.84. The highest BCUT2D eigenvalue weighted by molar-refractivity contribution is 5.97. The number of amides is 1. The quantitative estimate of drug-likeness (QED) is 0.685. The summed E-state index contributed by atoms with van der Waals surface area (Å²) >= 11 is 0. The topological polar surface area (TPSA) is 63.4 Å². The Bertz CT molecular complexity index is 756. The average Bonchev–Trinajstić information content (AvgIpc) is 2.55. The van der Waals surface area contributed by atoms with E-state index in [-0.39, 0.29) is 24.1 Å². The molecule has 1 heterocycles. The van der Waals surface area contributed by atoms with Crippen LogP contribution in [0.2, 0.25) is 0 Å². The van der Waals surface area contributed by atoms with Gasteiger partial charge < -0.3 is 10.6 Å². The number of anilines is 2. The second kappa shape index (κ2) is 7.49. The molecule has 0 aromatic heterocycles. The van der Waals surface area contributed by atoms with Gasteiger partial charge in [-0.1, -0.05) is 30.3 Å². The largest absolute Gasteiger partial charge is 0.398 e. The summed E-state index contributed by atoms with van der Waals surface area (Å²) in [5, 5.41) is 0. The second-order valence-electron chi connectivity index (χ2n) is 5.92. The van der Waals surface area contributed by atoms with Gasteiger partial charge in [0.05, 0.1) is 6.42 Å². The summed E-state index contributed by atoms with van der Waals surface area (Å²) in [6.45, 7) is 2.26. The van der Waals surface area contributed by atoms with E-state index in [1.165, 1.54) is 6.92 Å². The van der Waals surface area contributed by atoms with E-state index < -0.39 is 0 Å². The molecule has 0 spiro atoms. The molecule has 0 radical (unpaired) electrons. The average molecular weight is 345 g/mol. The van der Waals surface area contributed by atoms with Crippen molar-refractivity contribution in [3.63, 3.8) is 0 Å². The summed E-state index contributed by atoms with van der Waals surface area (Å²) in [5.74, 6) is 0.0930. The molecule has 24 heavy (non-hydrogen) atoms. The van der Waals surface area contributed by atoms with Crippen LogP contribution in [0.25, 0.3) is 0 Å². The number of nitrogen functional groups attached to an aromatic ring is 1. The van der Waals surface area contributed by atoms with Crippen molar-refractivity contribution >= 4 is 35.5 Å². The Labute approximate surface area is 148 Å². The lowest BCUT2D eigenvalue weighted by Crippen LogP contribution is -2.36. The predicted molar refractivity (Wildman–Crippen MR) is 98.9 cm³/mol. The van der Waals surface area contributed by atoms with E-state index in [1.807, 2.05) is 35.2 Å². The van der Waals surface area contributed by atoms with Gasteiger partial charge >= 0.3 is 0 Å². The zero-order valence-electron chi connectivity index (χ0n) is 13.6. The van der Waals surface area contributed by atoms with Crippen LogP contribution in [-0.4, -0.2) is 18.2 Å². The van der Waals surface area contributed by atoms with Gasteiger partial charge in [-0.05, 0) is 43.0 Å². The minimum Gasteiger partial charge on any atom is -0.398 e. The van der Waals surface area contributed by atoms with Crippen LogP contribution >= 0.6 is 12.4 Å². The molecule has 0 unspecified atom stereocenters. The fourth-order valence-electron chi connectivity index (χ4n) is 3.04. The van der Waals surface area contributed by atoms with Crippen LogP contribution in [0.3, 0.4) is 0 Å². The number of ketones is 1. The smallest absolute Gasteiger partial charge is 0.231 e. The summed E-state index contributed by atoms with van der Waals surface area (Å²) < 4.78 is 0. The second-order valence-corrected chi connectivity index (χ2v) is 5.92. The number of hydrogen-bond donors (Lipinski definition) is 1. The van der Waals surface area contributed by atoms with Gasteiger partial charge in [-0.3, -0.25) is 9.59 Å². The van der Waals surface area contributed by atoms with E-state index in [1.54, 1.807) is 12.1 Å². The van der Waals surface area contributed by atoms with Crippen LogP contribution in [0.15, 0.2) is 42.5 Å². The number of benzene rings is 2. The number of nitrogens with zero attached hydrogens (tertiary/aromatic N) is 1. The van der Waals surface area contributed by atoms with Crippen molar-refractivity contribution in [3.8, 4) is 0 Å². The normalized spacial score (nSPS) is 13.0. The first kappa shape index (κ1) is 18.0. The lowest BCUT2D eigenvalue weighted by Gasteiger charge is -2.30. The molecule has 2 aromatic carbocycles. The van der Waals surface area contributed by atoms with Gasteiger partial charge in [0, 0.05) is 23.5 Å². The molecular weight excluding hydrogens is 324 g/mol. The molecule has 0 saturated heterocycles. The lowest BCUT2D eigenvalue weighted by atomic mass is 9.99. The first-order chi connectivity index (χ1) is 11.1. The summed E-state index contributed by atoms with van der Waals surface area (Å²) in [5.41, 5.74) is 10.4. The molecule has 1 aliphatic heterocycles. The monoisotopic (exact) mass is 344 g/mol. The highest BCUT2D eigenvalue weighted by Gasteiger charge is 2.23. The Balaban J connectivity index is 0.00000208. The molecule has 2 aromatic rings. The van der Waals surface area contributed by atoms with Crippen molar-refractivity contribution in [2.45, 2.75) is 26.2 Å². The molecule has 1 amide bonds. The lowest BCUT2D eigenvalue weighted by molar-refractivity contribution is -0.118. The Morgan fingerprint density at radius 1 is 1.12 bits per heavy atom. The van der Waals surface area contributed by atoms with Crippen LogP contribution in [0.5, 0.6) is 0 Å². The minimum absolute atomic E-state index is 0. The maximum absolute atomic E-state index is 12.7. The third-order valence-corrected chi connectivity index (χ3v) is 4.30. The van der Waals surface area contributed by atoms with E-state index in [9.17, 15) is 9.59 Å². The number of Topliss-reactive ketones (excluding diaryl/α,β-unsaturated/α-hetero) is 1. The zero-order chi connectivity index (χ0) is 16.4. The standard InChI is InChI=1S/C19H20N2O2.ClH/c1-13(22)15-9-7-14(8-10-15)12-19(23)21-11-3-4-16-17(20)5-2-6-18(16)21;/h2,5-10H,3-4,11-12,20H2,1H3;1H. The fourth-order valence-corrected chi connectivity index (χ4v) is 3.04. The number of halogens is 1. The fraction of sp³-hybridized carbons (Fsp3) is 0.263. The van der Waals surface area contributed by atoms with E-state index in [0.29, 0.717) is 12.0 Å². The number of carbonyl (C=O) groups excluding carboxylic acids is 2. The third kappa shape index (κ3) is 3.60. The van der Waals surface area contributed by atoms with E-state index in [4.69, 9.17) is 5.73 Å². The van der Waals surface area contributed by atoms with Gasteiger partial charge in [0.15, 0.2) is 5.78 Å². The highest BCUT2D eigenvalue weighted by Crippen LogP contribution is 2.31. The molecule has 2 N–H and O–H groups in total. The van der Waals surface area contributed by atoms with Crippen molar-refractivity contribution in [2.24, 2.45) is 0 Å². The molecule has 3 rings (SSSR count). The molecule has 1 aliphatic rings. The van der Waals surface area contributed by atoms with Gasteiger partial charge in [0.1, 0.15) is 0 Å². The SMILES string of the molecule is CC(=O)c1ccc(CC(=O)N2CCCc3c(N)cccc32)cc1.Cl. The molecule has 0 atom stereocenters. The number of hydrogen-bond acceptors (Lipinski definition) is 3. The predicted octanol–water partition coefficient (Wildman–Crippen LogP) is 3.42. The Hall–Kier alpha value is -2.33. The van der Waals surface area contributed by atoms with Gasteiger partial charge in [0.25, 0.3) is 0 Å². The minimum atomic E-state index is 0. The van der Waals surface area contributed by atoms with Crippen LogP contribution in [0.1, 0.15) is 34.8 Å². The first-order valence-electron chi connectivity index (χ1n) is 7.84. The van der Waals surface area contributed by atoms with Crippen molar-refractivity contribution < 1.29 is 9.59 Å². The number of fused-ring (bicyclic) bond motifs is 1. The van der Waals surface area contributed by atoms with Gasteiger partial charge in [-0.25, -0.2) is 0 Å². The Morgan fingerprint density at radius 3 is 2.50 bits per heavy atom. The van der Waals surface area contributed by atoms with Crippen molar-refractivity contribution in [1.82, 2.24) is 0 Å². The van der Waals surface area contributed by atoms with Gasteiger partial charge in [-0.2, -0.15) is 0 Å². The van der Waals surface area contributed by atoms with Crippen LogP contribution in [0, 0.1) is 0 Å². The van der Waals surface area contributed by atoms with Crippen molar-refractivity contribution in [1.29, 1.82) is 0 Å². The van der Waals surface area contributed by atoms with Gasteiger partial charge in [0.2, 0.25) is 5.91 Å². The van der Waals surface area contributed by atoms with E-state index in [0.717, 1.165) is 41.9 Å². The number of carbonyl (C=O) groups is 2. The molecule has 0 aliphatic carbocycles. The third-order valence-electron chi connectivity index (χ3n) is 4.30. The zero-order valence-corrected chi connectivity index (χ0v) is 14.4. The number of rotatable bonds is 3. The summed E-state index contributed by atoms with van der Waals surface area (Å²) in [6.07, 6.45) is 2.17. The van der Waals surface area contributed by atoms with E-state index >= 15 is 0 Å². The van der Waals surface area contributed by atoms with Crippen molar-refractivity contribution in [3.05, 3.63) is 59.2 Å².